The number of amides is 1. The average molecular weight is 335 g/mol. The third-order valence-electron chi connectivity index (χ3n) is 4.06. The number of sulfonamides is 1. The van der Waals surface area contributed by atoms with E-state index in [1.54, 1.807) is 11.8 Å². The van der Waals surface area contributed by atoms with Gasteiger partial charge in [-0.1, -0.05) is 6.07 Å². The number of carbonyl (C=O) groups is 1. The number of hydrogen-bond donors (Lipinski definition) is 1. The molecule has 1 aromatic rings. The fraction of sp³-hybridized carbons (Fsp3) is 0.500. The van der Waals surface area contributed by atoms with Gasteiger partial charge in [0.15, 0.2) is 0 Å². The second kappa shape index (κ2) is 7.11. The summed E-state index contributed by atoms with van der Waals surface area (Å²) >= 11 is 0. The number of rotatable bonds is 4. The lowest BCUT2D eigenvalue weighted by Crippen LogP contribution is -2.51. The molecule has 1 aliphatic heterocycles. The standard InChI is InChI=1S/C16H21N3O3S/c1-12-6-3-4-9-19(12)16(20)13(2)18-23(21,22)15-8-5-7-14(10-15)11-17/h5,7-8,10,12-13,18H,3-4,6,9H2,1-2H3. The highest BCUT2D eigenvalue weighted by atomic mass is 32.2. The predicted octanol–water partition coefficient (Wildman–Crippen LogP) is 1.63. The maximum atomic E-state index is 12.5. The van der Waals surface area contributed by atoms with E-state index in [2.05, 4.69) is 4.72 Å². The van der Waals surface area contributed by atoms with Crippen molar-refractivity contribution in [3.63, 3.8) is 0 Å². The molecule has 1 fully saturated rings. The lowest BCUT2D eigenvalue weighted by molar-refractivity contribution is -0.135. The van der Waals surface area contributed by atoms with Crippen molar-refractivity contribution in [2.75, 3.05) is 6.54 Å². The van der Waals surface area contributed by atoms with Gasteiger partial charge in [0, 0.05) is 12.6 Å². The Morgan fingerprint density at radius 2 is 2.17 bits per heavy atom. The summed E-state index contributed by atoms with van der Waals surface area (Å²) in [6.07, 6.45) is 2.97. The Balaban J connectivity index is 2.13. The Bertz CT molecular complexity index is 724. The fourth-order valence-corrected chi connectivity index (χ4v) is 4.00. The molecule has 1 amide bonds. The first kappa shape index (κ1) is 17.4. The molecular formula is C16H21N3O3S. The van der Waals surface area contributed by atoms with Crippen LogP contribution in [0.1, 0.15) is 38.7 Å². The highest BCUT2D eigenvalue weighted by Gasteiger charge is 2.29. The van der Waals surface area contributed by atoms with Crippen molar-refractivity contribution in [1.29, 1.82) is 5.26 Å². The third kappa shape index (κ3) is 4.09. The molecule has 0 bridgehead atoms. The molecule has 2 unspecified atom stereocenters. The van der Waals surface area contributed by atoms with E-state index < -0.39 is 16.1 Å². The second-order valence-corrected chi connectivity index (χ2v) is 7.57. The van der Waals surface area contributed by atoms with Crippen LogP contribution in [0, 0.1) is 11.3 Å². The van der Waals surface area contributed by atoms with Crippen molar-refractivity contribution in [3.8, 4) is 6.07 Å². The van der Waals surface area contributed by atoms with Crippen molar-refractivity contribution in [3.05, 3.63) is 29.8 Å². The number of nitrogens with zero attached hydrogens (tertiary/aromatic N) is 2. The van der Waals surface area contributed by atoms with Gasteiger partial charge in [0.25, 0.3) is 0 Å². The summed E-state index contributed by atoms with van der Waals surface area (Å²) in [5.74, 6) is -0.211. The SMILES string of the molecule is CC(NS(=O)(=O)c1cccc(C#N)c1)C(=O)N1CCCCC1C. The molecule has 1 heterocycles. The summed E-state index contributed by atoms with van der Waals surface area (Å²) in [4.78, 5) is 14.2. The van der Waals surface area contributed by atoms with Crippen LogP contribution < -0.4 is 4.72 Å². The zero-order chi connectivity index (χ0) is 17.0. The summed E-state index contributed by atoms with van der Waals surface area (Å²) in [5, 5.41) is 8.87. The fourth-order valence-electron chi connectivity index (χ4n) is 2.76. The predicted molar refractivity (Wildman–Crippen MR) is 86.0 cm³/mol. The Kier molecular flexibility index (Phi) is 5.39. The summed E-state index contributed by atoms with van der Waals surface area (Å²) in [5.41, 5.74) is 0.261. The number of carbonyl (C=O) groups excluding carboxylic acids is 1. The van der Waals surface area contributed by atoms with Crippen LogP contribution in [-0.4, -0.2) is 37.9 Å². The molecule has 0 saturated carbocycles. The minimum absolute atomic E-state index is 0.0112. The molecule has 1 aliphatic rings. The minimum Gasteiger partial charge on any atom is -0.339 e. The van der Waals surface area contributed by atoms with Crippen molar-refractivity contribution in [2.24, 2.45) is 0 Å². The van der Waals surface area contributed by atoms with E-state index in [1.807, 2.05) is 13.0 Å². The van der Waals surface area contributed by atoms with Gasteiger partial charge in [0.05, 0.1) is 22.6 Å². The van der Waals surface area contributed by atoms with E-state index in [0.717, 1.165) is 19.3 Å². The normalized spacial score (nSPS) is 19.9. The van der Waals surface area contributed by atoms with Gasteiger partial charge < -0.3 is 4.90 Å². The third-order valence-corrected chi connectivity index (χ3v) is 5.60. The van der Waals surface area contributed by atoms with Crippen LogP contribution in [0.3, 0.4) is 0 Å². The minimum atomic E-state index is -3.84. The first-order chi connectivity index (χ1) is 10.8. The number of hydrogen-bond acceptors (Lipinski definition) is 4. The van der Waals surface area contributed by atoms with Crippen molar-refractivity contribution < 1.29 is 13.2 Å². The van der Waals surface area contributed by atoms with E-state index in [9.17, 15) is 13.2 Å². The molecule has 7 heteroatoms. The molecule has 2 atom stereocenters. The van der Waals surface area contributed by atoms with Gasteiger partial charge in [-0.3, -0.25) is 4.79 Å². The molecule has 2 rings (SSSR count). The summed E-state index contributed by atoms with van der Waals surface area (Å²) < 4.78 is 27.2. The largest absolute Gasteiger partial charge is 0.339 e. The van der Waals surface area contributed by atoms with E-state index in [1.165, 1.54) is 24.3 Å². The Morgan fingerprint density at radius 3 is 2.83 bits per heavy atom. The molecule has 1 aromatic carbocycles. The van der Waals surface area contributed by atoms with E-state index in [4.69, 9.17) is 5.26 Å². The lowest BCUT2D eigenvalue weighted by atomic mass is 10.0. The zero-order valence-electron chi connectivity index (χ0n) is 13.3. The van der Waals surface area contributed by atoms with Crippen LogP contribution in [0.2, 0.25) is 0 Å². The maximum absolute atomic E-state index is 12.5. The van der Waals surface area contributed by atoms with Crippen LogP contribution >= 0.6 is 0 Å². The van der Waals surface area contributed by atoms with Crippen molar-refractivity contribution in [2.45, 2.75) is 50.1 Å². The van der Waals surface area contributed by atoms with Crippen molar-refractivity contribution >= 4 is 15.9 Å². The number of piperidine rings is 1. The number of nitrogens with one attached hydrogen (secondary N) is 1. The van der Waals surface area contributed by atoms with Crippen LogP contribution in [0.15, 0.2) is 29.2 Å². The van der Waals surface area contributed by atoms with Crippen molar-refractivity contribution in [1.82, 2.24) is 9.62 Å². The molecule has 6 nitrogen and oxygen atoms in total. The van der Waals surface area contributed by atoms with Gasteiger partial charge in [0.2, 0.25) is 15.9 Å². The Labute approximate surface area is 137 Å². The van der Waals surface area contributed by atoms with Gasteiger partial charge in [-0.05, 0) is 51.3 Å². The van der Waals surface area contributed by atoms with Crippen LogP contribution in [0.5, 0.6) is 0 Å². The second-order valence-electron chi connectivity index (χ2n) is 5.86. The molecule has 1 N–H and O–H groups in total. The van der Waals surface area contributed by atoms with Crippen LogP contribution in [0.25, 0.3) is 0 Å². The molecule has 23 heavy (non-hydrogen) atoms. The molecule has 0 aromatic heterocycles. The van der Waals surface area contributed by atoms with Gasteiger partial charge in [-0.25, -0.2) is 8.42 Å². The zero-order valence-corrected chi connectivity index (χ0v) is 14.1. The Hall–Kier alpha value is -1.91. The summed E-state index contributed by atoms with van der Waals surface area (Å²) in [6, 6.07) is 6.93. The van der Waals surface area contributed by atoms with E-state index in [0.29, 0.717) is 6.54 Å². The average Bonchev–Trinajstić information content (AvgIpc) is 2.54. The molecule has 0 spiro atoms. The quantitative estimate of drug-likeness (QED) is 0.905. The van der Waals surface area contributed by atoms with Gasteiger partial charge in [0.1, 0.15) is 0 Å². The first-order valence-electron chi connectivity index (χ1n) is 7.68. The molecule has 1 saturated heterocycles. The highest BCUT2D eigenvalue weighted by Crippen LogP contribution is 2.18. The molecule has 124 valence electrons. The van der Waals surface area contributed by atoms with Gasteiger partial charge in [-0.15, -0.1) is 0 Å². The Morgan fingerprint density at radius 1 is 1.43 bits per heavy atom. The van der Waals surface area contributed by atoms with Gasteiger partial charge >= 0.3 is 0 Å². The van der Waals surface area contributed by atoms with Crippen LogP contribution in [-0.2, 0) is 14.8 Å². The first-order valence-corrected chi connectivity index (χ1v) is 9.16. The number of nitriles is 1. The van der Waals surface area contributed by atoms with Crippen LogP contribution in [0.4, 0.5) is 0 Å². The molecule has 0 radical (unpaired) electrons. The maximum Gasteiger partial charge on any atom is 0.241 e. The monoisotopic (exact) mass is 335 g/mol. The number of benzene rings is 1. The topological polar surface area (TPSA) is 90.3 Å². The van der Waals surface area contributed by atoms with E-state index >= 15 is 0 Å². The highest BCUT2D eigenvalue weighted by molar-refractivity contribution is 7.89. The molecule has 0 aliphatic carbocycles. The smallest absolute Gasteiger partial charge is 0.241 e. The summed E-state index contributed by atoms with van der Waals surface area (Å²) in [6.45, 7) is 4.19. The van der Waals surface area contributed by atoms with E-state index in [-0.39, 0.29) is 22.4 Å². The lowest BCUT2D eigenvalue weighted by Gasteiger charge is -2.35. The summed E-state index contributed by atoms with van der Waals surface area (Å²) in [7, 11) is -3.84. The van der Waals surface area contributed by atoms with Gasteiger partial charge in [-0.2, -0.15) is 9.98 Å². The number of likely N-dealkylation sites (tertiary alicyclic amines) is 1. The molecular weight excluding hydrogens is 314 g/mol.